The lowest BCUT2D eigenvalue weighted by atomic mass is 10.2. The van der Waals surface area contributed by atoms with E-state index in [1.165, 1.54) is 36.7 Å². The molecule has 5 nitrogen and oxygen atoms in total. The quantitative estimate of drug-likeness (QED) is 0.869. The molecule has 1 aromatic carbocycles. The molecule has 1 aliphatic rings. The molecule has 1 heterocycles. The number of nitrogens with zero attached hydrogens (tertiary/aromatic N) is 5. The highest BCUT2D eigenvalue weighted by atomic mass is 32.2. The smallest absolute Gasteiger partial charge is 0.214 e. The number of halogens is 1. The minimum absolute atomic E-state index is 0.299. The zero-order chi connectivity index (χ0) is 13.9. The molecule has 0 atom stereocenters. The van der Waals surface area contributed by atoms with Crippen molar-refractivity contribution in [2.24, 2.45) is 0 Å². The molecule has 0 saturated heterocycles. The maximum atomic E-state index is 13.4. The average Bonchev–Trinajstić information content (AvgIpc) is 3.08. The summed E-state index contributed by atoms with van der Waals surface area (Å²) in [6, 6.07) is 6.52. The van der Waals surface area contributed by atoms with Gasteiger partial charge in [-0.2, -0.15) is 5.26 Å². The standard InChI is InChI=1S/C13H12FN5S/c14-10-5-9(8-15)6-12(7-10)20-13-16-17-18-19(13)11-3-1-2-4-11/h5-7,11H,1-4H2. The Bertz CT molecular complexity index is 657. The normalized spacial score (nSPS) is 15.4. The number of nitriles is 1. The number of hydrogen-bond donors (Lipinski definition) is 0. The van der Waals surface area contributed by atoms with Gasteiger partial charge in [-0.15, -0.1) is 5.10 Å². The number of aromatic nitrogens is 4. The predicted octanol–water partition coefficient (Wildman–Crippen LogP) is 2.95. The molecule has 3 rings (SSSR count). The second-order valence-corrected chi connectivity index (χ2v) is 5.77. The lowest BCUT2D eigenvalue weighted by Gasteiger charge is -2.10. The molecule has 0 unspecified atom stereocenters. The Morgan fingerprint density at radius 1 is 1.30 bits per heavy atom. The number of tetrazole rings is 1. The fraction of sp³-hybridized carbons (Fsp3) is 0.385. The van der Waals surface area contributed by atoms with E-state index in [2.05, 4.69) is 15.5 Å². The third kappa shape index (κ3) is 2.65. The van der Waals surface area contributed by atoms with Gasteiger partial charge in [-0.1, -0.05) is 12.8 Å². The summed E-state index contributed by atoms with van der Waals surface area (Å²) in [6.45, 7) is 0. The summed E-state index contributed by atoms with van der Waals surface area (Å²) in [5, 5.41) is 21.3. The molecule has 20 heavy (non-hydrogen) atoms. The molecule has 0 amide bonds. The van der Waals surface area contributed by atoms with Crippen LogP contribution in [-0.2, 0) is 0 Å². The van der Waals surface area contributed by atoms with Gasteiger partial charge in [0.15, 0.2) is 0 Å². The van der Waals surface area contributed by atoms with Crippen LogP contribution in [0.25, 0.3) is 0 Å². The minimum atomic E-state index is -0.425. The second kappa shape index (κ2) is 5.59. The third-order valence-electron chi connectivity index (χ3n) is 3.34. The van der Waals surface area contributed by atoms with Crippen LogP contribution in [0.15, 0.2) is 28.3 Å². The van der Waals surface area contributed by atoms with Crippen LogP contribution < -0.4 is 0 Å². The molecule has 1 fully saturated rings. The molecule has 2 aromatic rings. The van der Waals surface area contributed by atoms with Crippen molar-refractivity contribution in [2.45, 2.75) is 41.8 Å². The summed E-state index contributed by atoms with van der Waals surface area (Å²) in [6.07, 6.45) is 4.52. The minimum Gasteiger partial charge on any atom is -0.217 e. The summed E-state index contributed by atoms with van der Waals surface area (Å²) >= 11 is 1.29. The fourth-order valence-corrected chi connectivity index (χ4v) is 3.35. The van der Waals surface area contributed by atoms with E-state index in [4.69, 9.17) is 5.26 Å². The van der Waals surface area contributed by atoms with Crippen LogP contribution in [0.4, 0.5) is 4.39 Å². The van der Waals surface area contributed by atoms with E-state index in [1.54, 1.807) is 6.07 Å². The van der Waals surface area contributed by atoms with Gasteiger partial charge < -0.3 is 0 Å². The van der Waals surface area contributed by atoms with Crippen LogP contribution >= 0.6 is 11.8 Å². The predicted molar refractivity (Wildman–Crippen MR) is 70.6 cm³/mol. The van der Waals surface area contributed by atoms with E-state index in [0.717, 1.165) is 12.8 Å². The van der Waals surface area contributed by atoms with Crippen LogP contribution in [0.3, 0.4) is 0 Å². The summed E-state index contributed by atoms with van der Waals surface area (Å²) in [7, 11) is 0. The summed E-state index contributed by atoms with van der Waals surface area (Å²) < 4.78 is 15.2. The van der Waals surface area contributed by atoms with Gasteiger partial charge in [0, 0.05) is 4.90 Å². The number of hydrogen-bond acceptors (Lipinski definition) is 5. The van der Waals surface area contributed by atoms with Gasteiger partial charge in [-0.3, -0.25) is 0 Å². The number of rotatable bonds is 3. The summed E-state index contributed by atoms with van der Waals surface area (Å²) in [5.74, 6) is -0.425. The first kappa shape index (κ1) is 13.1. The average molecular weight is 289 g/mol. The van der Waals surface area contributed by atoms with Crippen molar-refractivity contribution in [3.8, 4) is 6.07 Å². The topological polar surface area (TPSA) is 67.4 Å². The van der Waals surface area contributed by atoms with Crippen molar-refractivity contribution in [1.29, 1.82) is 5.26 Å². The van der Waals surface area contributed by atoms with E-state index in [0.29, 0.717) is 21.7 Å². The second-order valence-electron chi connectivity index (χ2n) is 4.73. The zero-order valence-electron chi connectivity index (χ0n) is 10.7. The van der Waals surface area contributed by atoms with Gasteiger partial charge in [0.05, 0.1) is 17.7 Å². The highest BCUT2D eigenvalue weighted by Gasteiger charge is 2.22. The summed E-state index contributed by atoms with van der Waals surface area (Å²) in [5.41, 5.74) is 0.299. The van der Waals surface area contributed by atoms with Crippen LogP contribution in [0.1, 0.15) is 37.3 Å². The lowest BCUT2D eigenvalue weighted by molar-refractivity contribution is 0.423. The monoisotopic (exact) mass is 289 g/mol. The molecule has 1 aliphatic carbocycles. The van der Waals surface area contributed by atoms with Crippen molar-refractivity contribution in [3.05, 3.63) is 29.6 Å². The highest BCUT2D eigenvalue weighted by molar-refractivity contribution is 7.99. The Morgan fingerprint density at radius 2 is 2.10 bits per heavy atom. The lowest BCUT2D eigenvalue weighted by Crippen LogP contribution is -2.08. The molecule has 0 spiro atoms. The molecule has 1 aromatic heterocycles. The molecular weight excluding hydrogens is 277 g/mol. The van der Waals surface area contributed by atoms with Crippen LogP contribution in [0, 0.1) is 17.1 Å². The number of benzene rings is 1. The van der Waals surface area contributed by atoms with E-state index in [1.807, 2.05) is 10.8 Å². The van der Waals surface area contributed by atoms with Crippen molar-refractivity contribution in [1.82, 2.24) is 20.2 Å². The van der Waals surface area contributed by atoms with E-state index in [-0.39, 0.29) is 0 Å². The Balaban J connectivity index is 1.86. The maximum absolute atomic E-state index is 13.4. The van der Waals surface area contributed by atoms with Crippen molar-refractivity contribution in [2.75, 3.05) is 0 Å². The first-order chi connectivity index (χ1) is 9.76. The van der Waals surface area contributed by atoms with Gasteiger partial charge in [0.2, 0.25) is 5.16 Å². The highest BCUT2D eigenvalue weighted by Crippen LogP contribution is 2.34. The largest absolute Gasteiger partial charge is 0.217 e. The molecule has 0 radical (unpaired) electrons. The van der Waals surface area contributed by atoms with Crippen molar-refractivity contribution < 1.29 is 4.39 Å². The van der Waals surface area contributed by atoms with E-state index < -0.39 is 5.82 Å². The maximum Gasteiger partial charge on any atom is 0.214 e. The summed E-state index contributed by atoms with van der Waals surface area (Å²) in [4.78, 5) is 0.635. The fourth-order valence-electron chi connectivity index (χ4n) is 2.42. The SMILES string of the molecule is N#Cc1cc(F)cc(Sc2nnnn2C2CCCC2)c1. The molecule has 7 heteroatoms. The molecule has 0 N–H and O–H groups in total. The van der Waals surface area contributed by atoms with Crippen LogP contribution in [0.5, 0.6) is 0 Å². The molecule has 0 bridgehead atoms. The Labute approximate surface area is 119 Å². The van der Waals surface area contributed by atoms with Gasteiger partial charge in [-0.25, -0.2) is 9.07 Å². The molecule has 1 saturated carbocycles. The van der Waals surface area contributed by atoms with Crippen molar-refractivity contribution in [3.63, 3.8) is 0 Å². The zero-order valence-corrected chi connectivity index (χ0v) is 11.5. The van der Waals surface area contributed by atoms with Gasteiger partial charge in [0.25, 0.3) is 0 Å². The Kier molecular flexibility index (Phi) is 3.65. The van der Waals surface area contributed by atoms with Gasteiger partial charge in [-0.05, 0) is 53.2 Å². The first-order valence-electron chi connectivity index (χ1n) is 6.42. The van der Waals surface area contributed by atoms with Crippen LogP contribution in [0.2, 0.25) is 0 Å². The Hall–Kier alpha value is -1.94. The third-order valence-corrected chi connectivity index (χ3v) is 4.27. The van der Waals surface area contributed by atoms with Crippen molar-refractivity contribution >= 4 is 11.8 Å². The van der Waals surface area contributed by atoms with Gasteiger partial charge >= 0.3 is 0 Å². The first-order valence-corrected chi connectivity index (χ1v) is 7.24. The van der Waals surface area contributed by atoms with E-state index in [9.17, 15) is 4.39 Å². The van der Waals surface area contributed by atoms with E-state index >= 15 is 0 Å². The molecular formula is C13H12FN5S. The Morgan fingerprint density at radius 3 is 2.85 bits per heavy atom. The van der Waals surface area contributed by atoms with Crippen LogP contribution in [-0.4, -0.2) is 20.2 Å². The molecule has 102 valence electrons. The van der Waals surface area contributed by atoms with Gasteiger partial charge in [0.1, 0.15) is 5.82 Å². The molecule has 0 aliphatic heterocycles.